The van der Waals surface area contributed by atoms with Crippen LogP contribution in [0.5, 0.6) is 5.75 Å². The standard InChI is InChI=1S/C26H22N2O4S/c1-17-10-12-18(13-11-17)16-32-22-9-4-3-6-19(22)15-23-24(29)28(2)26(33-23)27-21-8-5-7-20(14-21)25(30)31/h3-15H,16H2,1-2H3,(H,30,31)/b23-15-,27-26?. The molecule has 1 aliphatic rings. The number of aliphatic imine (C=N–C) groups is 1. The normalized spacial score (nSPS) is 15.9. The predicted octanol–water partition coefficient (Wildman–Crippen LogP) is 5.51. The lowest BCUT2D eigenvalue weighted by atomic mass is 10.1. The van der Waals surface area contributed by atoms with E-state index in [1.807, 2.05) is 55.5 Å². The molecule has 1 heterocycles. The molecule has 33 heavy (non-hydrogen) atoms. The van der Waals surface area contributed by atoms with Gasteiger partial charge < -0.3 is 9.84 Å². The number of benzene rings is 3. The summed E-state index contributed by atoms with van der Waals surface area (Å²) in [6.07, 6.45) is 1.80. The van der Waals surface area contributed by atoms with Crippen LogP contribution in [-0.2, 0) is 11.4 Å². The van der Waals surface area contributed by atoms with Gasteiger partial charge in [0, 0.05) is 12.6 Å². The number of amides is 1. The number of carboxylic acids is 1. The first-order valence-electron chi connectivity index (χ1n) is 10.3. The van der Waals surface area contributed by atoms with Gasteiger partial charge in [-0.05, 0) is 54.6 Å². The van der Waals surface area contributed by atoms with Crippen molar-refractivity contribution in [3.63, 3.8) is 0 Å². The molecule has 0 unspecified atom stereocenters. The minimum Gasteiger partial charge on any atom is -0.488 e. The fraction of sp³-hybridized carbons (Fsp3) is 0.115. The number of carbonyl (C=O) groups is 2. The Hall–Kier alpha value is -3.84. The maximum absolute atomic E-state index is 12.8. The summed E-state index contributed by atoms with van der Waals surface area (Å²) in [6, 6.07) is 22.0. The maximum Gasteiger partial charge on any atom is 0.335 e. The topological polar surface area (TPSA) is 79.2 Å². The third kappa shape index (κ3) is 5.32. The van der Waals surface area contributed by atoms with E-state index in [2.05, 4.69) is 4.99 Å². The summed E-state index contributed by atoms with van der Waals surface area (Å²) in [6.45, 7) is 2.47. The molecule has 4 rings (SSSR count). The van der Waals surface area contributed by atoms with Crippen LogP contribution in [0.3, 0.4) is 0 Å². The molecule has 166 valence electrons. The second-order valence-corrected chi connectivity index (χ2v) is 8.55. The third-order valence-electron chi connectivity index (χ3n) is 5.04. The average Bonchev–Trinajstić information content (AvgIpc) is 3.07. The number of carbonyl (C=O) groups excluding carboxylic acids is 1. The van der Waals surface area contributed by atoms with Gasteiger partial charge in [-0.25, -0.2) is 9.79 Å². The summed E-state index contributed by atoms with van der Waals surface area (Å²) in [5, 5.41) is 9.66. The molecule has 1 aliphatic heterocycles. The lowest BCUT2D eigenvalue weighted by Crippen LogP contribution is -2.23. The van der Waals surface area contributed by atoms with Gasteiger partial charge in [-0.1, -0.05) is 54.1 Å². The predicted molar refractivity (Wildman–Crippen MR) is 131 cm³/mol. The van der Waals surface area contributed by atoms with Crippen molar-refractivity contribution < 1.29 is 19.4 Å². The molecule has 0 atom stereocenters. The number of amidine groups is 1. The Morgan fingerprint density at radius 3 is 2.61 bits per heavy atom. The zero-order valence-corrected chi connectivity index (χ0v) is 19.0. The minimum atomic E-state index is -1.02. The number of likely N-dealkylation sites (N-methyl/N-ethyl adjacent to an activating group) is 1. The van der Waals surface area contributed by atoms with E-state index in [0.29, 0.717) is 28.1 Å². The Kier molecular flexibility index (Phi) is 6.60. The van der Waals surface area contributed by atoms with E-state index < -0.39 is 5.97 Å². The summed E-state index contributed by atoms with van der Waals surface area (Å²) in [4.78, 5) is 30.5. The Labute approximate surface area is 196 Å². The second kappa shape index (κ2) is 9.75. The molecule has 0 spiro atoms. The highest BCUT2D eigenvalue weighted by Gasteiger charge is 2.30. The first kappa shape index (κ1) is 22.4. The lowest BCUT2D eigenvalue weighted by Gasteiger charge is -2.10. The molecule has 1 N–H and O–H groups in total. The fourth-order valence-electron chi connectivity index (χ4n) is 3.19. The van der Waals surface area contributed by atoms with E-state index in [1.54, 1.807) is 25.3 Å². The molecule has 0 aromatic heterocycles. The van der Waals surface area contributed by atoms with Crippen LogP contribution in [0.4, 0.5) is 5.69 Å². The van der Waals surface area contributed by atoms with Crippen LogP contribution in [0, 0.1) is 6.92 Å². The Morgan fingerprint density at radius 2 is 1.85 bits per heavy atom. The Bertz CT molecular complexity index is 1270. The highest BCUT2D eigenvalue weighted by atomic mass is 32.2. The van der Waals surface area contributed by atoms with E-state index in [-0.39, 0.29) is 11.5 Å². The number of aromatic carboxylic acids is 1. The molecule has 0 radical (unpaired) electrons. The molecule has 6 nitrogen and oxygen atoms in total. The van der Waals surface area contributed by atoms with E-state index in [9.17, 15) is 14.7 Å². The van der Waals surface area contributed by atoms with Gasteiger partial charge in [0.1, 0.15) is 12.4 Å². The van der Waals surface area contributed by atoms with Crippen LogP contribution in [-0.4, -0.2) is 34.1 Å². The van der Waals surface area contributed by atoms with Gasteiger partial charge in [0.25, 0.3) is 5.91 Å². The molecular weight excluding hydrogens is 436 g/mol. The van der Waals surface area contributed by atoms with Crippen LogP contribution in [0.25, 0.3) is 6.08 Å². The maximum atomic E-state index is 12.8. The van der Waals surface area contributed by atoms with Gasteiger partial charge in [0.05, 0.1) is 16.2 Å². The number of ether oxygens (including phenoxy) is 1. The van der Waals surface area contributed by atoms with E-state index in [1.165, 1.54) is 34.4 Å². The molecule has 1 amide bonds. The van der Waals surface area contributed by atoms with Gasteiger partial charge in [-0.2, -0.15) is 0 Å². The summed E-state index contributed by atoms with van der Waals surface area (Å²) in [5.74, 6) is -0.522. The van der Waals surface area contributed by atoms with Crippen LogP contribution in [0.2, 0.25) is 0 Å². The van der Waals surface area contributed by atoms with E-state index >= 15 is 0 Å². The first-order chi connectivity index (χ1) is 15.9. The van der Waals surface area contributed by atoms with Gasteiger partial charge in [-0.15, -0.1) is 0 Å². The largest absolute Gasteiger partial charge is 0.488 e. The van der Waals surface area contributed by atoms with Crippen molar-refractivity contribution in [3.05, 3.63) is 100.0 Å². The van der Waals surface area contributed by atoms with Crippen molar-refractivity contribution in [2.24, 2.45) is 4.99 Å². The van der Waals surface area contributed by atoms with Crippen molar-refractivity contribution in [3.8, 4) is 5.75 Å². The Morgan fingerprint density at radius 1 is 1.09 bits per heavy atom. The summed E-state index contributed by atoms with van der Waals surface area (Å²) < 4.78 is 6.03. The number of aryl methyl sites for hydroxylation is 1. The van der Waals surface area contributed by atoms with E-state index in [0.717, 1.165) is 11.1 Å². The molecule has 3 aromatic carbocycles. The number of carboxylic acid groups (broad SMARTS) is 1. The summed E-state index contributed by atoms with van der Waals surface area (Å²) in [5.41, 5.74) is 3.66. The number of hydrogen-bond acceptors (Lipinski definition) is 5. The zero-order chi connectivity index (χ0) is 23.4. The van der Waals surface area contributed by atoms with Crippen LogP contribution in [0.15, 0.2) is 82.7 Å². The smallest absolute Gasteiger partial charge is 0.335 e. The van der Waals surface area contributed by atoms with Crippen molar-refractivity contribution in [2.45, 2.75) is 13.5 Å². The molecule has 0 bridgehead atoms. The zero-order valence-electron chi connectivity index (χ0n) is 18.2. The first-order valence-corrected chi connectivity index (χ1v) is 11.1. The molecule has 3 aromatic rings. The average molecular weight is 459 g/mol. The van der Waals surface area contributed by atoms with Gasteiger partial charge in [0.2, 0.25) is 0 Å². The van der Waals surface area contributed by atoms with Crippen LogP contribution in [0.1, 0.15) is 27.0 Å². The Balaban J connectivity index is 1.56. The van der Waals surface area contributed by atoms with Crippen LogP contribution >= 0.6 is 11.8 Å². The van der Waals surface area contributed by atoms with Crippen molar-refractivity contribution in [1.29, 1.82) is 0 Å². The molecule has 0 saturated carbocycles. The van der Waals surface area contributed by atoms with Crippen LogP contribution < -0.4 is 4.74 Å². The van der Waals surface area contributed by atoms with Crippen molar-refractivity contribution >= 4 is 40.6 Å². The lowest BCUT2D eigenvalue weighted by molar-refractivity contribution is -0.121. The number of para-hydroxylation sites is 1. The minimum absolute atomic E-state index is 0.143. The van der Waals surface area contributed by atoms with Crippen molar-refractivity contribution in [1.82, 2.24) is 4.90 Å². The second-order valence-electron chi connectivity index (χ2n) is 7.54. The summed E-state index contributed by atoms with van der Waals surface area (Å²) >= 11 is 1.24. The van der Waals surface area contributed by atoms with Gasteiger partial charge >= 0.3 is 5.97 Å². The molecule has 0 aliphatic carbocycles. The SMILES string of the molecule is Cc1ccc(COc2ccccc2/C=C2\SC(=Nc3cccc(C(=O)O)c3)N(C)C2=O)cc1. The number of hydrogen-bond donors (Lipinski definition) is 1. The fourth-order valence-corrected chi connectivity index (χ4v) is 4.17. The van der Waals surface area contributed by atoms with Gasteiger partial charge in [-0.3, -0.25) is 9.69 Å². The van der Waals surface area contributed by atoms with Crippen molar-refractivity contribution in [2.75, 3.05) is 7.05 Å². The third-order valence-corrected chi connectivity index (χ3v) is 6.10. The number of thioether (sulfide) groups is 1. The number of nitrogens with zero attached hydrogens (tertiary/aromatic N) is 2. The molecule has 7 heteroatoms. The molecule has 1 saturated heterocycles. The van der Waals surface area contributed by atoms with E-state index in [4.69, 9.17) is 4.74 Å². The molecule has 1 fully saturated rings. The summed E-state index contributed by atoms with van der Waals surface area (Å²) in [7, 11) is 1.65. The molecular formula is C26H22N2O4S. The highest BCUT2D eigenvalue weighted by Crippen LogP contribution is 2.35. The quantitative estimate of drug-likeness (QED) is 0.493. The highest BCUT2D eigenvalue weighted by molar-refractivity contribution is 8.18. The monoisotopic (exact) mass is 458 g/mol. The number of rotatable bonds is 6. The van der Waals surface area contributed by atoms with Gasteiger partial charge in [0.15, 0.2) is 5.17 Å².